The van der Waals surface area contributed by atoms with Crippen molar-refractivity contribution in [1.29, 1.82) is 0 Å². The number of sulfone groups is 1. The van der Waals surface area contributed by atoms with Crippen LogP contribution in [0.1, 0.15) is 5.56 Å². The fourth-order valence-electron chi connectivity index (χ4n) is 2.76. The molecule has 0 aromatic heterocycles. The molecule has 8 heteroatoms. The molecule has 0 radical (unpaired) electrons. The molecule has 1 aliphatic carbocycles. The Balaban J connectivity index is 2.36. The zero-order valence-corrected chi connectivity index (χ0v) is 16.5. The van der Waals surface area contributed by atoms with Gasteiger partial charge in [0.1, 0.15) is 29.0 Å². The Labute approximate surface area is 159 Å². The first kappa shape index (κ1) is 21.0. The number of hydrogen-bond donors (Lipinski definition) is 1. The van der Waals surface area contributed by atoms with Crippen LogP contribution in [0.4, 0.5) is 0 Å². The summed E-state index contributed by atoms with van der Waals surface area (Å²) in [7, 11) is 2.07. The van der Waals surface area contributed by atoms with Crippen molar-refractivity contribution in [3.63, 3.8) is 0 Å². The molecular weight excluding hydrogens is 372 g/mol. The Morgan fingerprint density at radius 1 is 1.07 bits per heavy atom. The summed E-state index contributed by atoms with van der Waals surface area (Å²) in [5, 5.41) is 11.2. The summed E-state index contributed by atoms with van der Waals surface area (Å²) in [6, 6.07) is 3.26. The molecule has 2 rings (SSSR count). The molecule has 0 amide bonds. The van der Waals surface area contributed by atoms with Crippen LogP contribution < -0.4 is 14.2 Å². The highest BCUT2D eigenvalue weighted by Crippen LogP contribution is 2.35. The zero-order chi connectivity index (χ0) is 20.1. The Morgan fingerprint density at radius 3 is 2.19 bits per heavy atom. The van der Waals surface area contributed by atoms with E-state index in [0.717, 1.165) is 5.41 Å². The molecule has 148 valence electrons. The van der Waals surface area contributed by atoms with Crippen molar-refractivity contribution in [3.8, 4) is 17.2 Å². The van der Waals surface area contributed by atoms with E-state index in [0.29, 0.717) is 22.8 Å². The lowest BCUT2D eigenvalue weighted by Crippen LogP contribution is -2.47. The minimum Gasteiger partial charge on any atom is -0.496 e. The monoisotopic (exact) mass is 396 g/mol. The van der Waals surface area contributed by atoms with Crippen molar-refractivity contribution in [3.05, 3.63) is 47.4 Å². The average molecular weight is 396 g/mol. The van der Waals surface area contributed by atoms with E-state index in [9.17, 15) is 13.5 Å². The Hall–Kier alpha value is -2.29. The van der Waals surface area contributed by atoms with Crippen molar-refractivity contribution in [1.82, 2.24) is 0 Å². The van der Waals surface area contributed by atoms with Gasteiger partial charge in [0.15, 0.2) is 9.84 Å². The van der Waals surface area contributed by atoms with Gasteiger partial charge in [-0.3, -0.25) is 0 Å². The highest BCUT2D eigenvalue weighted by atomic mass is 32.2. The number of aliphatic hydroxyl groups excluding tert-OH is 1. The van der Waals surface area contributed by atoms with Crippen molar-refractivity contribution in [2.75, 3.05) is 34.2 Å². The van der Waals surface area contributed by atoms with Gasteiger partial charge >= 0.3 is 0 Å². The maximum Gasteiger partial charge on any atom is 0.174 e. The third kappa shape index (κ3) is 4.71. The van der Waals surface area contributed by atoms with E-state index < -0.39 is 27.3 Å². The maximum absolute atomic E-state index is 12.7. The molecule has 1 aromatic carbocycles. The van der Waals surface area contributed by atoms with Crippen LogP contribution in [-0.4, -0.2) is 59.4 Å². The third-order valence-electron chi connectivity index (χ3n) is 4.29. The molecule has 1 aliphatic rings. The van der Waals surface area contributed by atoms with E-state index >= 15 is 0 Å². The minimum absolute atomic E-state index is 0.402. The molecule has 0 fully saturated rings. The Kier molecular flexibility index (Phi) is 6.69. The number of aliphatic hydroxyl groups is 1. The normalized spacial score (nSPS) is 22.2. The second-order valence-corrected chi connectivity index (χ2v) is 7.79. The number of methoxy groups -OCH3 is 4. The molecular formula is C19H24O7S. The summed E-state index contributed by atoms with van der Waals surface area (Å²) < 4.78 is 46.5. The van der Waals surface area contributed by atoms with E-state index in [4.69, 9.17) is 18.9 Å². The summed E-state index contributed by atoms with van der Waals surface area (Å²) >= 11 is 0. The second kappa shape index (κ2) is 8.60. The van der Waals surface area contributed by atoms with Gasteiger partial charge in [0.25, 0.3) is 0 Å². The lowest BCUT2D eigenvalue weighted by Gasteiger charge is -2.33. The van der Waals surface area contributed by atoms with Gasteiger partial charge in [0.05, 0.1) is 32.6 Å². The van der Waals surface area contributed by atoms with Crippen LogP contribution in [0.15, 0.2) is 41.8 Å². The topological polar surface area (TPSA) is 91.3 Å². The summed E-state index contributed by atoms with van der Waals surface area (Å²) in [5.41, 5.74) is -0.887. The van der Waals surface area contributed by atoms with Gasteiger partial charge < -0.3 is 24.1 Å². The van der Waals surface area contributed by atoms with Gasteiger partial charge in [-0.25, -0.2) is 8.42 Å². The second-order valence-electron chi connectivity index (χ2n) is 5.90. The predicted molar refractivity (Wildman–Crippen MR) is 103 cm³/mol. The number of benzene rings is 1. The first-order valence-corrected chi connectivity index (χ1v) is 9.82. The number of hydrogen-bond acceptors (Lipinski definition) is 7. The zero-order valence-electron chi connectivity index (χ0n) is 15.7. The molecule has 0 spiro atoms. The van der Waals surface area contributed by atoms with Crippen LogP contribution in [0.25, 0.3) is 6.08 Å². The average Bonchev–Trinajstić information content (AvgIpc) is 2.67. The summed E-state index contributed by atoms with van der Waals surface area (Å²) in [4.78, 5) is 0. The van der Waals surface area contributed by atoms with Crippen LogP contribution >= 0.6 is 0 Å². The maximum atomic E-state index is 12.7. The quantitative estimate of drug-likeness (QED) is 0.718. The highest BCUT2D eigenvalue weighted by molar-refractivity contribution is 7.94. The van der Waals surface area contributed by atoms with Crippen molar-refractivity contribution < 1.29 is 32.5 Å². The molecule has 1 aromatic rings. The number of rotatable bonds is 8. The van der Waals surface area contributed by atoms with Gasteiger partial charge in [0.2, 0.25) is 0 Å². The van der Waals surface area contributed by atoms with Crippen LogP contribution in [0.2, 0.25) is 0 Å². The molecule has 2 atom stereocenters. The van der Waals surface area contributed by atoms with E-state index in [1.54, 1.807) is 24.3 Å². The Morgan fingerprint density at radius 2 is 1.70 bits per heavy atom. The molecule has 2 unspecified atom stereocenters. The lowest BCUT2D eigenvalue weighted by atomic mass is 9.94. The van der Waals surface area contributed by atoms with E-state index in [2.05, 4.69) is 0 Å². The first-order chi connectivity index (χ1) is 12.8. The molecule has 0 bridgehead atoms. The van der Waals surface area contributed by atoms with Crippen molar-refractivity contribution >= 4 is 15.9 Å². The summed E-state index contributed by atoms with van der Waals surface area (Å²) in [6.45, 7) is 0. The van der Waals surface area contributed by atoms with E-state index in [1.807, 2.05) is 0 Å². The SMILES string of the molecule is COc1cc(OC)c(/C=C/S(=O)(=O)CC2(OC)C=CC=CC2O)c(OC)c1. The summed E-state index contributed by atoms with van der Waals surface area (Å²) in [6.07, 6.45) is 6.63. The van der Waals surface area contributed by atoms with Crippen LogP contribution in [0, 0.1) is 0 Å². The fraction of sp³-hybridized carbons (Fsp3) is 0.368. The van der Waals surface area contributed by atoms with Gasteiger partial charge in [-0.15, -0.1) is 0 Å². The number of ether oxygens (including phenoxy) is 4. The molecule has 7 nitrogen and oxygen atoms in total. The Bertz CT molecular complexity index is 830. The fourth-order valence-corrected chi connectivity index (χ4v) is 4.22. The molecule has 27 heavy (non-hydrogen) atoms. The largest absolute Gasteiger partial charge is 0.496 e. The van der Waals surface area contributed by atoms with Gasteiger partial charge in [0, 0.05) is 24.7 Å². The van der Waals surface area contributed by atoms with Crippen molar-refractivity contribution in [2.45, 2.75) is 11.7 Å². The van der Waals surface area contributed by atoms with E-state index in [-0.39, 0.29) is 0 Å². The van der Waals surface area contributed by atoms with Gasteiger partial charge in [-0.2, -0.15) is 0 Å². The van der Waals surface area contributed by atoms with Crippen LogP contribution in [0.5, 0.6) is 17.2 Å². The van der Waals surface area contributed by atoms with E-state index in [1.165, 1.54) is 46.7 Å². The molecule has 0 saturated heterocycles. The van der Waals surface area contributed by atoms with Crippen molar-refractivity contribution in [2.24, 2.45) is 0 Å². The molecule has 1 N–H and O–H groups in total. The van der Waals surface area contributed by atoms with Crippen LogP contribution in [0.3, 0.4) is 0 Å². The first-order valence-electron chi connectivity index (χ1n) is 8.11. The smallest absolute Gasteiger partial charge is 0.174 e. The molecule has 0 saturated carbocycles. The molecule has 0 heterocycles. The lowest BCUT2D eigenvalue weighted by molar-refractivity contribution is -0.0331. The third-order valence-corrected chi connectivity index (χ3v) is 5.69. The summed E-state index contributed by atoms with van der Waals surface area (Å²) in [5.74, 6) is 0.902. The van der Waals surface area contributed by atoms with Crippen LogP contribution in [-0.2, 0) is 14.6 Å². The highest BCUT2D eigenvalue weighted by Gasteiger charge is 2.39. The van der Waals surface area contributed by atoms with Gasteiger partial charge in [-0.1, -0.05) is 18.2 Å². The standard InChI is InChI=1S/C19H24O7S/c1-23-14-11-16(24-2)15(17(12-14)25-3)8-10-27(21,22)13-19(26-4)9-6-5-7-18(19)20/h5-12,18,20H,13H2,1-4H3/b10-8+. The van der Waals surface area contributed by atoms with Gasteiger partial charge in [-0.05, 0) is 12.2 Å². The molecule has 0 aliphatic heterocycles. The predicted octanol–water partition coefficient (Wildman–Crippen LogP) is 1.97. The number of allylic oxidation sites excluding steroid dienone is 2. The minimum atomic E-state index is -3.74.